The number of hydrogen-bond donors (Lipinski definition) is 7. The maximum absolute atomic E-state index is 15.5. The first kappa shape index (κ1) is 51.9. The number of nitrogens with one attached hydrogen (secondary N) is 5. The van der Waals surface area contributed by atoms with Crippen LogP contribution in [0.2, 0.25) is 0 Å². The van der Waals surface area contributed by atoms with E-state index in [0.29, 0.717) is 24.9 Å². The highest BCUT2D eigenvalue weighted by molar-refractivity contribution is 7.17. The third kappa shape index (κ3) is 11.4. The van der Waals surface area contributed by atoms with Crippen molar-refractivity contribution in [1.82, 2.24) is 26.6 Å². The Morgan fingerprint density at radius 1 is 0.649 bits per heavy atom. The summed E-state index contributed by atoms with van der Waals surface area (Å²) in [4.78, 5) is 75.1. The minimum atomic E-state index is -1.49. The Labute approximate surface area is 433 Å². The number of benzene rings is 5. The molecular weight excluding hydrogens is 961 g/mol. The number of phenolic OH excluding ortho intramolecular Hbond substituents is 1. The minimum Gasteiger partial charge on any atom is -0.508 e. The van der Waals surface area contributed by atoms with Crippen molar-refractivity contribution in [2.75, 3.05) is 6.54 Å². The van der Waals surface area contributed by atoms with Gasteiger partial charge in [-0.1, -0.05) is 121 Å². The van der Waals surface area contributed by atoms with Crippen molar-refractivity contribution in [2.45, 2.75) is 119 Å². The Morgan fingerprint density at radius 2 is 1.20 bits per heavy atom. The highest BCUT2D eigenvalue weighted by Gasteiger charge is 2.58. The fraction of sp³-hybridized carbons (Fsp3) is 0.351. The molecule has 0 spiro atoms. The third-order valence-corrected chi connectivity index (χ3v) is 14.8. The topological polar surface area (TPSA) is 229 Å². The van der Waals surface area contributed by atoms with Crippen molar-refractivity contribution in [3.05, 3.63) is 173 Å². The van der Waals surface area contributed by atoms with Crippen molar-refractivity contribution in [3.63, 3.8) is 0 Å². The smallest absolute Gasteiger partial charge is 0.252 e. The lowest BCUT2D eigenvalue weighted by molar-refractivity contribution is -0.208. The van der Waals surface area contributed by atoms with Gasteiger partial charge in [0.1, 0.15) is 41.6 Å². The van der Waals surface area contributed by atoms with E-state index in [2.05, 4.69) is 26.6 Å². The van der Waals surface area contributed by atoms with Crippen molar-refractivity contribution < 1.29 is 48.0 Å². The largest absolute Gasteiger partial charge is 0.508 e. The SMILES string of the molecule is C[C@@H](OC(c1ccccc1)(c1ccccc1)c1ccccc1)C1NC(=O)[C@H](CCCCN)NC(=O)[C@H](Cc2csc3ccccc23)NC(=O)[C@H](Cc2ccc(O)cc2)NC(=O)[C@H]2O[C@@H]3OC(C)(C)OC3[C@@H]2NC1=O. The van der Waals surface area contributed by atoms with Crippen LogP contribution in [0.5, 0.6) is 5.75 Å². The van der Waals surface area contributed by atoms with E-state index in [0.717, 1.165) is 32.3 Å². The number of hydrogen-bond acceptors (Lipinski definition) is 12. The van der Waals surface area contributed by atoms with Crippen molar-refractivity contribution in [3.8, 4) is 5.75 Å². The Morgan fingerprint density at radius 3 is 1.82 bits per heavy atom. The van der Waals surface area contributed by atoms with Crippen molar-refractivity contribution >= 4 is 51.0 Å². The molecule has 386 valence electrons. The van der Waals surface area contributed by atoms with Gasteiger partial charge < -0.3 is 56.4 Å². The molecule has 3 aliphatic rings. The summed E-state index contributed by atoms with van der Waals surface area (Å²) in [5, 5.41) is 27.7. The molecule has 9 atom stereocenters. The van der Waals surface area contributed by atoms with Gasteiger partial charge in [0.2, 0.25) is 23.6 Å². The van der Waals surface area contributed by atoms with E-state index in [-0.39, 0.29) is 25.0 Å². The quantitative estimate of drug-likeness (QED) is 0.0552. The summed E-state index contributed by atoms with van der Waals surface area (Å²) in [5.41, 5.74) is 8.19. The summed E-state index contributed by atoms with van der Waals surface area (Å²) in [5.74, 6) is -4.80. The predicted molar refractivity (Wildman–Crippen MR) is 278 cm³/mol. The van der Waals surface area contributed by atoms with E-state index in [1.54, 1.807) is 32.9 Å². The summed E-state index contributed by atoms with van der Waals surface area (Å²) in [7, 11) is 0. The van der Waals surface area contributed by atoms with Crippen LogP contribution < -0.4 is 32.3 Å². The second-order valence-electron chi connectivity index (χ2n) is 19.4. The van der Waals surface area contributed by atoms with Gasteiger partial charge in [-0.3, -0.25) is 24.0 Å². The highest BCUT2D eigenvalue weighted by Crippen LogP contribution is 2.42. The van der Waals surface area contributed by atoms with Crippen molar-refractivity contribution in [1.29, 1.82) is 0 Å². The summed E-state index contributed by atoms with van der Waals surface area (Å²) < 4.78 is 27.1. The molecule has 3 saturated heterocycles. The van der Waals surface area contributed by atoms with E-state index in [1.807, 2.05) is 121 Å². The normalized spacial score (nSPS) is 24.9. The van der Waals surface area contributed by atoms with E-state index in [9.17, 15) is 19.5 Å². The molecule has 0 radical (unpaired) electrons. The Hall–Kier alpha value is -6.99. The molecule has 0 aliphatic carbocycles. The van der Waals surface area contributed by atoms with E-state index in [4.69, 9.17) is 24.7 Å². The molecule has 3 aliphatic heterocycles. The lowest BCUT2D eigenvalue weighted by Gasteiger charge is -2.40. The van der Waals surface area contributed by atoms with Gasteiger partial charge in [-0.25, -0.2) is 0 Å². The standard InChI is InChI=1S/C57H62N6O10S/c1-34(71-57(37-17-7-4-8-18-37,38-19-9-5-10-20-38)39-21-11-6-12-22-39)46-53(68)63-47-48(70-55-49(47)72-56(2,3)73-55)54(69)61-43(31-35-26-28-40(64)29-27-35)51(66)60-44(32-36-33-74-45-25-14-13-23-41(36)45)52(67)59-42(50(65)62-46)24-15-16-30-58/h4-14,17-23,25-29,33-34,42-44,46-49,55,64H,15-16,24,30-32,58H2,1-3H3,(H,59,67)(H,60,66)(H,61,69)(H,62,65)(H,63,68)/t34-,42+,43+,44+,46?,47-,48+,49?,55-/m1/s1. The fourth-order valence-corrected chi connectivity index (χ4v) is 11.1. The number of ether oxygens (including phenoxy) is 4. The number of fused-ring (bicyclic) bond motifs is 4. The van der Waals surface area contributed by atoms with Crippen molar-refractivity contribution in [2.24, 2.45) is 5.73 Å². The Kier molecular flexibility index (Phi) is 15.9. The molecule has 3 fully saturated rings. The molecule has 17 heteroatoms. The monoisotopic (exact) mass is 1020 g/mol. The molecule has 2 unspecified atom stereocenters. The summed E-state index contributed by atoms with van der Waals surface area (Å²) in [6.45, 7) is 5.38. The van der Waals surface area contributed by atoms with Crippen LogP contribution in [0.25, 0.3) is 10.1 Å². The molecule has 8 N–H and O–H groups in total. The van der Waals surface area contributed by atoms with Crippen LogP contribution in [-0.2, 0) is 61.4 Å². The molecule has 5 aromatic carbocycles. The van der Waals surface area contributed by atoms with Gasteiger partial charge in [0.05, 0.1) is 12.1 Å². The summed E-state index contributed by atoms with van der Waals surface area (Å²) in [6, 6.07) is 36.1. The molecule has 6 aromatic rings. The zero-order chi connectivity index (χ0) is 52.0. The average molecular weight is 1020 g/mol. The molecule has 74 heavy (non-hydrogen) atoms. The third-order valence-electron chi connectivity index (χ3n) is 13.8. The zero-order valence-corrected chi connectivity index (χ0v) is 42.2. The first-order valence-corrected chi connectivity index (χ1v) is 25.9. The molecule has 5 amide bonds. The van der Waals surface area contributed by atoms with E-state index >= 15 is 9.59 Å². The molecule has 9 rings (SSSR count). The molecular formula is C57H62N6O10S. The number of phenols is 1. The van der Waals surface area contributed by atoms with Gasteiger partial charge in [0.25, 0.3) is 5.91 Å². The lowest BCUT2D eigenvalue weighted by Crippen LogP contribution is -2.64. The Balaban J connectivity index is 1.15. The highest BCUT2D eigenvalue weighted by atomic mass is 32.1. The zero-order valence-electron chi connectivity index (χ0n) is 41.4. The minimum absolute atomic E-state index is 0.00122. The molecule has 1 aromatic heterocycles. The van der Waals surface area contributed by atoms with E-state index < -0.39 is 95.7 Å². The number of aromatic hydroxyl groups is 1. The predicted octanol–water partition coefficient (Wildman–Crippen LogP) is 5.23. The second-order valence-corrected chi connectivity index (χ2v) is 20.4. The number of nitrogens with two attached hydrogens (primary N) is 1. The van der Waals surface area contributed by atoms with Gasteiger partial charge in [0.15, 0.2) is 18.2 Å². The van der Waals surface area contributed by atoms with Crippen LogP contribution >= 0.6 is 11.3 Å². The first-order valence-electron chi connectivity index (χ1n) is 25.0. The van der Waals surface area contributed by atoms with Gasteiger partial charge >= 0.3 is 0 Å². The van der Waals surface area contributed by atoms with Gasteiger partial charge in [0, 0.05) is 17.5 Å². The number of thiophene rings is 1. The van der Waals surface area contributed by atoms with Crippen LogP contribution in [-0.4, -0.2) is 102 Å². The number of carbonyl (C=O) groups is 5. The molecule has 0 bridgehead atoms. The fourth-order valence-electron chi connectivity index (χ4n) is 10.1. The van der Waals surface area contributed by atoms with Gasteiger partial charge in [-0.05, 0) is 103 Å². The summed E-state index contributed by atoms with van der Waals surface area (Å²) >= 11 is 1.49. The number of rotatable bonds is 14. The van der Waals surface area contributed by atoms with Crippen LogP contribution in [0.1, 0.15) is 67.9 Å². The van der Waals surface area contributed by atoms with Crippen LogP contribution in [0.15, 0.2) is 145 Å². The maximum atomic E-state index is 15.5. The number of carbonyl (C=O) groups excluding carboxylic acids is 5. The van der Waals surface area contributed by atoms with Crippen LogP contribution in [0, 0.1) is 0 Å². The number of unbranched alkanes of at least 4 members (excludes halogenated alkanes) is 1. The lowest BCUT2D eigenvalue weighted by atomic mass is 9.79. The van der Waals surface area contributed by atoms with Crippen LogP contribution in [0.4, 0.5) is 0 Å². The van der Waals surface area contributed by atoms with Gasteiger partial charge in [-0.2, -0.15) is 0 Å². The van der Waals surface area contributed by atoms with Crippen LogP contribution in [0.3, 0.4) is 0 Å². The van der Waals surface area contributed by atoms with E-state index in [1.165, 1.54) is 23.5 Å². The molecule has 4 heterocycles. The number of amides is 5. The molecule has 0 saturated carbocycles. The summed E-state index contributed by atoms with van der Waals surface area (Å²) in [6.07, 6.45) is -3.74. The molecule has 16 nitrogen and oxygen atoms in total. The van der Waals surface area contributed by atoms with Gasteiger partial charge in [-0.15, -0.1) is 11.3 Å². The maximum Gasteiger partial charge on any atom is 0.252 e. The first-order chi connectivity index (χ1) is 35.7. The Bertz CT molecular complexity index is 2830. The second kappa shape index (κ2) is 22.6. The average Bonchev–Trinajstić information content (AvgIpc) is 4.07.